The number of carbonyl (C=O) groups is 2. The summed E-state index contributed by atoms with van der Waals surface area (Å²) in [6.07, 6.45) is 3.54. The molecule has 0 spiro atoms. The molecular weight excluding hydrogens is 364 g/mol. The molecule has 0 unspecified atom stereocenters. The summed E-state index contributed by atoms with van der Waals surface area (Å²) in [6, 6.07) is 7.61. The Kier molecular flexibility index (Phi) is 6.55. The van der Waals surface area contributed by atoms with Gasteiger partial charge in [-0.25, -0.2) is 0 Å². The molecule has 0 aliphatic carbocycles. The maximum atomic E-state index is 12.3. The SMILES string of the molecule is CCOC(=O)[C@H]1CCCN(C2=NC(=O)/C(=C/c3ccc(OCC)cc3)S2)C1. The van der Waals surface area contributed by atoms with Gasteiger partial charge in [0.1, 0.15) is 5.75 Å². The molecule has 1 atom stereocenters. The summed E-state index contributed by atoms with van der Waals surface area (Å²) in [5.74, 6) is 0.251. The highest BCUT2D eigenvalue weighted by molar-refractivity contribution is 8.18. The normalized spacial score (nSPS) is 21.3. The molecule has 0 aromatic heterocycles. The molecule has 2 aliphatic heterocycles. The van der Waals surface area contributed by atoms with E-state index in [2.05, 4.69) is 4.99 Å². The quantitative estimate of drug-likeness (QED) is 0.569. The van der Waals surface area contributed by atoms with Crippen molar-refractivity contribution in [1.29, 1.82) is 0 Å². The zero-order valence-corrected chi connectivity index (χ0v) is 16.5. The highest BCUT2D eigenvalue weighted by Crippen LogP contribution is 2.32. The first kappa shape index (κ1) is 19.5. The molecule has 1 fully saturated rings. The van der Waals surface area contributed by atoms with Crippen LogP contribution >= 0.6 is 11.8 Å². The molecule has 0 bridgehead atoms. The number of esters is 1. The Bertz CT molecular complexity index is 758. The Morgan fingerprint density at radius 1 is 1.30 bits per heavy atom. The minimum Gasteiger partial charge on any atom is -0.494 e. The van der Waals surface area contributed by atoms with Crippen molar-refractivity contribution in [2.24, 2.45) is 10.9 Å². The van der Waals surface area contributed by atoms with E-state index in [0.717, 1.165) is 30.7 Å². The van der Waals surface area contributed by atoms with Crippen LogP contribution in [-0.4, -0.2) is 48.2 Å². The zero-order valence-electron chi connectivity index (χ0n) is 15.6. The number of thioether (sulfide) groups is 1. The fourth-order valence-electron chi connectivity index (χ4n) is 3.11. The third-order valence-corrected chi connectivity index (χ3v) is 5.45. The second kappa shape index (κ2) is 9.08. The van der Waals surface area contributed by atoms with Crippen molar-refractivity contribution in [3.8, 4) is 5.75 Å². The van der Waals surface area contributed by atoms with E-state index in [9.17, 15) is 9.59 Å². The highest BCUT2D eigenvalue weighted by Gasteiger charge is 2.32. The molecule has 0 saturated carbocycles. The number of hydrogen-bond acceptors (Lipinski definition) is 6. The van der Waals surface area contributed by atoms with Crippen LogP contribution in [-0.2, 0) is 14.3 Å². The molecule has 6 nitrogen and oxygen atoms in total. The van der Waals surface area contributed by atoms with Crippen LogP contribution < -0.4 is 4.74 Å². The standard InChI is InChI=1S/C20H24N2O4S/c1-3-25-16-9-7-14(8-10-16)12-17-18(23)21-20(27-17)22-11-5-6-15(13-22)19(24)26-4-2/h7-10,12,15H,3-6,11,13H2,1-2H3/b17-12-/t15-/m0/s1. The van der Waals surface area contributed by atoms with E-state index in [4.69, 9.17) is 9.47 Å². The van der Waals surface area contributed by atoms with Crippen LogP contribution in [0.25, 0.3) is 6.08 Å². The summed E-state index contributed by atoms with van der Waals surface area (Å²) < 4.78 is 10.6. The van der Waals surface area contributed by atoms with Gasteiger partial charge < -0.3 is 14.4 Å². The Morgan fingerprint density at radius 2 is 2.07 bits per heavy atom. The number of nitrogens with zero attached hydrogens (tertiary/aromatic N) is 2. The lowest BCUT2D eigenvalue weighted by molar-refractivity contribution is -0.149. The average Bonchev–Trinajstić information content (AvgIpc) is 3.04. The molecule has 1 amide bonds. The summed E-state index contributed by atoms with van der Waals surface area (Å²) in [4.78, 5) is 31.1. The lowest BCUT2D eigenvalue weighted by Gasteiger charge is -2.32. The molecule has 0 radical (unpaired) electrons. The number of hydrogen-bond donors (Lipinski definition) is 0. The number of amides is 1. The van der Waals surface area contributed by atoms with E-state index in [1.54, 1.807) is 0 Å². The van der Waals surface area contributed by atoms with Crippen LogP contribution in [0.3, 0.4) is 0 Å². The zero-order chi connectivity index (χ0) is 19.2. The molecule has 2 aliphatic rings. The maximum Gasteiger partial charge on any atom is 0.310 e. The van der Waals surface area contributed by atoms with E-state index in [1.807, 2.05) is 49.1 Å². The van der Waals surface area contributed by atoms with Gasteiger partial charge in [-0.1, -0.05) is 12.1 Å². The van der Waals surface area contributed by atoms with Crippen molar-refractivity contribution >= 4 is 34.9 Å². The number of carbonyl (C=O) groups excluding carboxylic acids is 2. The van der Waals surface area contributed by atoms with Gasteiger partial charge in [-0.05, 0) is 62.2 Å². The number of likely N-dealkylation sites (tertiary alicyclic amines) is 1. The molecule has 3 rings (SSSR count). The van der Waals surface area contributed by atoms with Crippen molar-refractivity contribution in [1.82, 2.24) is 4.90 Å². The molecular formula is C20H24N2O4S. The van der Waals surface area contributed by atoms with Gasteiger partial charge in [0, 0.05) is 13.1 Å². The van der Waals surface area contributed by atoms with Gasteiger partial charge in [0.15, 0.2) is 5.17 Å². The Hall–Kier alpha value is -2.28. The molecule has 27 heavy (non-hydrogen) atoms. The Morgan fingerprint density at radius 3 is 2.78 bits per heavy atom. The number of rotatable bonds is 5. The van der Waals surface area contributed by atoms with Gasteiger partial charge in [-0.15, -0.1) is 0 Å². The molecule has 0 N–H and O–H groups in total. The first-order valence-electron chi connectivity index (χ1n) is 9.27. The van der Waals surface area contributed by atoms with Crippen LogP contribution in [0, 0.1) is 5.92 Å². The average molecular weight is 388 g/mol. The first-order chi connectivity index (χ1) is 13.1. The molecule has 1 aromatic carbocycles. The van der Waals surface area contributed by atoms with E-state index in [1.165, 1.54) is 11.8 Å². The Labute approximate surface area is 163 Å². The fourth-order valence-corrected chi connectivity index (χ4v) is 4.06. The van der Waals surface area contributed by atoms with Crippen molar-refractivity contribution in [3.63, 3.8) is 0 Å². The fraction of sp³-hybridized carbons (Fsp3) is 0.450. The van der Waals surface area contributed by atoms with E-state index >= 15 is 0 Å². The van der Waals surface area contributed by atoms with Crippen LogP contribution in [0.2, 0.25) is 0 Å². The predicted molar refractivity (Wildman–Crippen MR) is 107 cm³/mol. The maximum absolute atomic E-state index is 12.3. The van der Waals surface area contributed by atoms with Crippen LogP contribution in [0.4, 0.5) is 0 Å². The van der Waals surface area contributed by atoms with Gasteiger partial charge in [0.05, 0.1) is 24.0 Å². The lowest BCUT2D eigenvalue weighted by atomic mass is 9.99. The van der Waals surface area contributed by atoms with Crippen LogP contribution in [0.5, 0.6) is 5.75 Å². The van der Waals surface area contributed by atoms with Gasteiger partial charge in [-0.2, -0.15) is 4.99 Å². The summed E-state index contributed by atoms with van der Waals surface area (Å²) in [5, 5.41) is 0.672. The Balaban J connectivity index is 1.65. The van der Waals surface area contributed by atoms with Gasteiger partial charge in [0.2, 0.25) is 0 Å². The predicted octanol–water partition coefficient (Wildman–Crippen LogP) is 3.33. The van der Waals surface area contributed by atoms with Gasteiger partial charge in [0.25, 0.3) is 5.91 Å². The monoisotopic (exact) mass is 388 g/mol. The van der Waals surface area contributed by atoms with Crippen molar-refractivity contribution in [3.05, 3.63) is 34.7 Å². The smallest absolute Gasteiger partial charge is 0.310 e. The number of ether oxygens (including phenoxy) is 2. The second-order valence-corrected chi connectivity index (χ2v) is 7.36. The minimum absolute atomic E-state index is 0.156. The lowest BCUT2D eigenvalue weighted by Crippen LogP contribution is -2.41. The van der Waals surface area contributed by atoms with E-state index in [-0.39, 0.29) is 17.8 Å². The number of aliphatic imine (C=N–C) groups is 1. The first-order valence-corrected chi connectivity index (χ1v) is 10.1. The summed E-state index contributed by atoms with van der Waals surface area (Å²) in [6.45, 7) is 6.11. The third kappa shape index (κ3) is 4.91. The topological polar surface area (TPSA) is 68.2 Å². The van der Waals surface area contributed by atoms with Gasteiger partial charge >= 0.3 is 5.97 Å². The molecule has 144 valence electrons. The number of amidine groups is 1. The van der Waals surface area contributed by atoms with E-state index < -0.39 is 0 Å². The van der Waals surface area contributed by atoms with Crippen LogP contribution in [0.1, 0.15) is 32.3 Å². The van der Waals surface area contributed by atoms with Gasteiger partial charge in [-0.3, -0.25) is 9.59 Å². The molecule has 1 aromatic rings. The number of benzene rings is 1. The van der Waals surface area contributed by atoms with Crippen LogP contribution in [0.15, 0.2) is 34.2 Å². The van der Waals surface area contributed by atoms with Crippen molar-refractivity contribution < 1.29 is 19.1 Å². The molecule has 1 saturated heterocycles. The van der Waals surface area contributed by atoms with Crippen molar-refractivity contribution in [2.45, 2.75) is 26.7 Å². The number of piperidine rings is 1. The van der Waals surface area contributed by atoms with Crippen molar-refractivity contribution in [2.75, 3.05) is 26.3 Å². The molecule has 7 heteroatoms. The summed E-state index contributed by atoms with van der Waals surface area (Å²) in [7, 11) is 0. The second-order valence-electron chi connectivity index (χ2n) is 6.35. The minimum atomic E-state index is -0.234. The van der Waals surface area contributed by atoms with E-state index in [0.29, 0.717) is 29.8 Å². The summed E-state index contributed by atoms with van der Waals surface area (Å²) in [5.41, 5.74) is 0.925. The summed E-state index contributed by atoms with van der Waals surface area (Å²) >= 11 is 1.37. The molecule has 2 heterocycles. The third-order valence-electron chi connectivity index (χ3n) is 4.41. The largest absolute Gasteiger partial charge is 0.494 e. The highest BCUT2D eigenvalue weighted by atomic mass is 32.2.